The summed E-state index contributed by atoms with van der Waals surface area (Å²) in [6, 6.07) is 13.3. The maximum Gasteiger partial charge on any atom is 0.342 e. The second-order valence-electron chi connectivity index (χ2n) is 9.20. The third-order valence-electron chi connectivity index (χ3n) is 6.30. The van der Waals surface area contributed by atoms with Crippen molar-refractivity contribution in [1.29, 1.82) is 5.26 Å². The fourth-order valence-corrected chi connectivity index (χ4v) is 4.47. The number of nitrogens with one attached hydrogen (secondary N) is 1. The van der Waals surface area contributed by atoms with Crippen LogP contribution in [0.25, 0.3) is 16.9 Å². The summed E-state index contributed by atoms with van der Waals surface area (Å²) in [7, 11) is 3.07. The Bertz CT molecular complexity index is 1940. The molecule has 0 unspecified atom stereocenters. The number of carbonyl (C=O) groups excluding carboxylic acids is 4. The first kappa shape index (κ1) is 32.1. The molecule has 1 aromatic carbocycles. The second-order valence-corrected chi connectivity index (χ2v) is 9.54. The Morgan fingerprint density at radius 3 is 2.04 bits per heavy atom. The molecular formula is C30H27ClN8O6. The summed E-state index contributed by atoms with van der Waals surface area (Å²) in [5.41, 5.74) is 2.99. The minimum Gasteiger partial charge on any atom is -0.462 e. The van der Waals surface area contributed by atoms with E-state index >= 15 is 0 Å². The second kappa shape index (κ2) is 14.1. The predicted molar refractivity (Wildman–Crippen MR) is 162 cm³/mol. The van der Waals surface area contributed by atoms with E-state index in [1.165, 1.54) is 28.8 Å². The predicted octanol–water partition coefficient (Wildman–Crippen LogP) is 4.01. The van der Waals surface area contributed by atoms with Gasteiger partial charge in [0.05, 0.1) is 42.6 Å². The van der Waals surface area contributed by atoms with E-state index in [-0.39, 0.29) is 47.0 Å². The molecule has 4 heterocycles. The van der Waals surface area contributed by atoms with Crippen molar-refractivity contribution < 1.29 is 28.7 Å². The summed E-state index contributed by atoms with van der Waals surface area (Å²) in [6.45, 7) is 3.77. The average Bonchev–Trinajstić information content (AvgIpc) is 3.73. The summed E-state index contributed by atoms with van der Waals surface area (Å²) < 4.78 is 14.0. The van der Waals surface area contributed by atoms with E-state index in [4.69, 9.17) is 21.1 Å². The van der Waals surface area contributed by atoms with Gasteiger partial charge in [-0.2, -0.15) is 15.5 Å². The van der Waals surface area contributed by atoms with Crippen molar-refractivity contribution in [3.05, 3.63) is 89.3 Å². The fourth-order valence-electron chi connectivity index (χ4n) is 4.25. The van der Waals surface area contributed by atoms with Gasteiger partial charge < -0.3 is 19.2 Å². The number of aromatic nitrogens is 6. The summed E-state index contributed by atoms with van der Waals surface area (Å²) >= 11 is 5.29. The van der Waals surface area contributed by atoms with Gasteiger partial charge in [-0.25, -0.2) is 14.6 Å². The number of esters is 2. The average molecular weight is 631 g/mol. The van der Waals surface area contributed by atoms with E-state index in [0.29, 0.717) is 5.65 Å². The summed E-state index contributed by atoms with van der Waals surface area (Å²) in [4.78, 5) is 51.9. The number of fused-ring (bicyclic) bond motifs is 1. The Morgan fingerprint density at radius 1 is 0.911 bits per heavy atom. The highest BCUT2D eigenvalue weighted by molar-refractivity contribution is 6.68. The lowest BCUT2D eigenvalue weighted by atomic mass is 10.2. The van der Waals surface area contributed by atoms with Crippen LogP contribution in [0.2, 0.25) is 0 Å². The van der Waals surface area contributed by atoms with E-state index in [2.05, 4.69) is 26.6 Å². The number of anilines is 1. The van der Waals surface area contributed by atoms with Crippen molar-refractivity contribution in [3.63, 3.8) is 0 Å². The third kappa shape index (κ3) is 7.06. The summed E-state index contributed by atoms with van der Waals surface area (Å²) in [6.07, 6.45) is 5.95. The minimum absolute atomic E-state index is 0.0375. The molecule has 0 atom stereocenters. The Hall–Kier alpha value is -5.81. The number of halogens is 1. The van der Waals surface area contributed by atoms with Crippen LogP contribution in [0.15, 0.2) is 61.2 Å². The Labute approximate surface area is 261 Å². The van der Waals surface area contributed by atoms with Crippen molar-refractivity contribution in [1.82, 2.24) is 28.9 Å². The molecule has 14 nitrogen and oxygen atoms in total. The zero-order valence-corrected chi connectivity index (χ0v) is 25.4. The van der Waals surface area contributed by atoms with Crippen molar-refractivity contribution in [2.24, 2.45) is 14.1 Å². The van der Waals surface area contributed by atoms with Crippen molar-refractivity contribution in [2.45, 2.75) is 13.8 Å². The number of aryl methyl sites for hydroxylation is 2. The van der Waals surface area contributed by atoms with Crippen LogP contribution in [0.1, 0.15) is 61.1 Å². The van der Waals surface area contributed by atoms with Crippen LogP contribution in [-0.4, -0.2) is 65.2 Å². The summed E-state index contributed by atoms with van der Waals surface area (Å²) in [5.74, 6) is -1.82. The Morgan fingerprint density at radius 2 is 1.49 bits per heavy atom. The number of benzene rings is 1. The fraction of sp³-hybridized carbons (Fsp3) is 0.200. The lowest BCUT2D eigenvalue weighted by molar-refractivity contribution is 0.0515. The molecule has 0 spiro atoms. The SMILES string of the molecule is CCOC(=O)c1cnn(C)c1C(=O)Cl.CCOC(=O)c1cnn(C)c1C(=O)Nc1cc2nc(-c3ccccc3)cn2cc1C#N. The zero-order valence-electron chi connectivity index (χ0n) is 24.6. The first-order valence-electron chi connectivity index (χ1n) is 13.5. The molecular weight excluding hydrogens is 604 g/mol. The van der Waals surface area contributed by atoms with Crippen LogP contribution >= 0.6 is 11.6 Å². The number of nitriles is 1. The monoisotopic (exact) mass is 630 g/mol. The van der Waals surface area contributed by atoms with Gasteiger partial charge in [0, 0.05) is 38.1 Å². The molecule has 1 amide bonds. The molecule has 0 saturated heterocycles. The van der Waals surface area contributed by atoms with Gasteiger partial charge in [0.25, 0.3) is 11.1 Å². The van der Waals surface area contributed by atoms with Crippen LogP contribution in [0, 0.1) is 11.3 Å². The molecule has 0 aliphatic rings. The Balaban J connectivity index is 0.000000276. The van der Waals surface area contributed by atoms with Crippen molar-refractivity contribution in [3.8, 4) is 17.3 Å². The number of hydrogen-bond acceptors (Lipinski definition) is 10. The number of rotatable bonds is 8. The van der Waals surface area contributed by atoms with Crippen LogP contribution in [-0.2, 0) is 23.6 Å². The topological polar surface area (TPSA) is 176 Å². The number of amides is 1. The maximum absolute atomic E-state index is 12.9. The first-order valence-corrected chi connectivity index (χ1v) is 13.8. The van der Waals surface area contributed by atoms with Gasteiger partial charge in [0.2, 0.25) is 0 Å². The van der Waals surface area contributed by atoms with Gasteiger partial charge in [0.15, 0.2) is 0 Å². The molecule has 45 heavy (non-hydrogen) atoms. The largest absolute Gasteiger partial charge is 0.462 e. The van der Waals surface area contributed by atoms with Crippen molar-refractivity contribution in [2.75, 3.05) is 18.5 Å². The molecule has 1 N–H and O–H groups in total. The first-order chi connectivity index (χ1) is 21.6. The smallest absolute Gasteiger partial charge is 0.342 e. The van der Waals surface area contributed by atoms with Gasteiger partial charge in [-0.05, 0) is 25.4 Å². The van der Waals surface area contributed by atoms with E-state index < -0.39 is 23.1 Å². The number of nitrogens with zero attached hydrogens (tertiary/aromatic N) is 7. The highest BCUT2D eigenvalue weighted by Gasteiger charge is 2.24. The standard InChI is InChI=1S/C22H18N6O3.C8H9ClN2O3/c1-3-31-22(30)16-11-24-27(2)20(16)21(29)26-17-9-19-25-18(14-7-5-4-6-8-14)13-28(19)12-15(17)10-23;1-3-14-8(13)5-4-10-11(2)6(5)7(9)12/h4-9,11-13H,3H2,1-2H3,(H,26,29);4H,3H2,1-2H3. The van der Waals surface area contributed by atoms with Crippen molar-refractivity contribution >= 4 is 46.0 Å². The van der Waals surface area contributed by atoms with Gasteiger partial charge >= 0.3 is 11.9 Å². The van der Waals surface area contributed by atoms with E-state index in [0.717, 1.165) is 11.3 Å². The number of carbonyl (C=O) groups is 4. The van der Waals surface area contributed by atoms with Gasteiger partial charge in [-0.1, -0.05) is 30.3 Å². The molecule has 230 valence electrons. The maximum atomic E-state index is 12.9. The number of pyridine rings is 1. The lowest BCUT2D eigenvalue weighted by Crippen LogP contribution is -2.20. The van der Waals surface area contributed by atoms with Crippen LogP contribution < -0.4 is 5.32 Å². The molecule has 4 aromatic heterocycles. The quantitative estimate of drug-likeness (QED) is 0.195. The lowest BCUT2D eigenvalue weighted by Gasteiger charge is -2.09. The van der Waals surface area contributed by atoms with Crippen LogP contribution in [0.4, 0.5) is 5.69 Å². The number of imidazole rings is 1. The van der Waals surface area contributed by atoms with Crippen LogP contribution in [0.5, 0.6) is 0 Å². The van der Waals surface area contributed by atoms with E-state index in [1.807, 2.05) is 36.5 Å². The number of ether oxygens (including phenoxy) is 2. The van der Waals surface area contributed by atoms with Gasteiger partial charge in [-0.3, -0.25) is 19.0 Å². The van der Waals surface area contributed by atoms with Crippen LogP contribution in [0.3, 0.4) is 0 Å². The zero-order chi connectivity index (χ0) is 32.7. The van der Waals surface area contributed by atoms with E-state index in [1.54, 1.807) is 37.6 Å². The molecule has 0 bridgehead atoms. The van der Waals surface area contributed by atoms with Gasteiger partial charge in [-0.15, -0.1) is 0 Å². The molecule has 0 radical (unpaired) electrons. The van der Waals surface area contributed by atoms with E-state index in [9.17, 15) is 24.4 Å². The normalized spacial score (nSPS) is 10.4. The molecule has 0 aliphatic heterocycles. The molecule has 0 fully saturated rings. The number of hydrogen-bond donors (Lipinski definition) is 1. The minimum atomic E-state index is -0.729. The molecule has 5 rings (SSSR count). The highest BCUT2D eigenvalue weighted by Crippen LogP contribution is 2.24. The highest BCUT2D eigenvalue weighted by atomic mass is 35.5. The molecule has 5 aromatic rings. The Kier molecular flexibility index (Phi) is 10.1. The van der Waals surface area contributed by atoms with Gasteiger partial charge in [0.1, 0.15) is 34.2 Å². The molecule has 0 aliphatic carbocycles. The molecule has 0 saturated carbocycles. The third-order valence-corrected chi connectivity index (χ3v) is 6.48. The molecule has 15 heteroatoms. The summed E-state index contributed by atoms with van der Waals surface area (Å²) in [5, 5.41) is 19.3.